The molecule has 21 heavy (non-hydrogen) atoms. The van der Waals surface area contributed by atoms with Gasteiger partial charge in [-0.3, -0.25) is 0 Å². The zero-order valence-corrected chi connectivity index (χ0v) is 12.6. The van der Waals surface area contributed by atoms with Gasteiger partial charge in [0.05, 0.1) is 5.56 Å². The molecule has 0 atom stereocenters. The summed E-state index contributed by atoms with van der Waals surface area (Å²) < 4.78 is 5.29. The van der Waals surface area contributed by atoms with E-state index in [1.807, 2.05) is 25.1 Å². The number of benzene rings is 1. The van der Waals surface area contributed by atoms with Gasteiger partial charge >= 0.3 is 0 Å². The molecule has 1 aromatic carbocycles. The van der Waals surface area contributed by atoms with Gasteiger partial charge in [-0.05, 0) is 31.4 Å². The van der Waals surface area contributed by atoms with Gasteiger partial charge in [-0.15, -0.1) is 0 Å². The third-order valence-electron chi connectivity index (χ3n) is 4.28. The van der Waals surface area contributed by atoms with Crippen molar-refractivity contribution < 1.29 is 4.52 Å². The summed E-state index contributed by atoms with van der Waals surface area (Å²) in [5.74, 6) is 2.15. The molecule has 4 heteroatoms. The van der Waals surface area contributed by atoms with Crippen LogP contribution in [-0.4, -0.2) is 16.7 Å². The maximum absolute atomic E-state index is 5.29. The van der Waals surface area contributed by atoms with E-state index in [4.69, 9.17) is 4.52 Å². The van der Waals surface area contributed by atoms with Crippen LogP contribution in [0, 0.1) is 12.8 Å². The van der Waals surface area contributed by atoms with E-state index < -0.39 is 0 Å². The normalized spacial score (nSPS) is 16.0. The summed E-state index contributed by atoms with van der Waals surface area (Å²) in [6, 6.07) is 8.14. The van der Waals surface area contributed by atoms with Crippen LogP contribution in [0.2, 0.25) is 0 Å². The van der Waals surface area contributed by atoms with Crippen molar-refractivity contribution in [3.8, 4) is 11.5 Å². The molecule has 4 nitrogen and oxygen atoms in total. The van der Waals surface area contributed by atoms with Crippen LogP contribution in [0.25, 0.3) is 11.5 Å². The Kier molecular flexibility index (Phi) is 4.53. The molecule has 0 spiro atoms. The Morgan fingerprint density at radius 2 is 2.00 bits per heavy atom. The molecule has 0 bridgehead atoms. The SMILES string of the molecule is Cc1noc(-c2ccccc2NCCC2CCCCC2)n1. The Balaban J connectivity index is 1.62. The lowest BCUT2D eigenvalue weighted by molar-refractivity contribution is 0.345. The topological polar surface area (TPSA) is 51.0 Å². The number of nitrogens with zero attached hydrogens (tertiary/aromatic N) is 2. The van der Waals surface area contributed by atoms with Gasteiger partial charge in [-0.25, -0.2) is 0 Å². The van der Waals surface area contributed by atoms with E-state index in [2.05, 4.69) is 21.5 Å². The third kappa shape index (κ3) is 3.63. The molecule has 0 unspecified atom stereocenters. The summed E-state index contributed by atoms with van der Waals surface area (Å²) in [7, 11) is 0. The Morgan fingerprint density at radius 1 is 1.19 bits per heavy atom. The summed E-state index contributed by atoms with van der Waals surface area (Å²) in [4.78, 5) is 4.32. The predicted molar refractivity (Wildman–Crippen MR) is 84.2 cm³/mol. The highest BCUT2D eigenvalue weighted by atomic mass is 16.5. The number of hydrogen-bond acceptors (Lipinski definition) is 4. The maximum Gasteiger partial charge on any atom is 0.260 e. The molecule has 1 aliphatic carbocycles. The smallest absolute Gasteiger partial charge is 0.260 e. The Bertz CT molecular complexity index is 573. The molecule has 0 radical (unpaired) electrons. The average molecular weight is 285 g/mol. The summed E-state index contributed by atoms with van der Waals surface area (Å²) in [5, 5.41) is 7.41. The summed E-state index contributed by atoms with van der Waals surface area (Å²) in [5.41, 5.74) is 2.07. The Morgan fingerprint density at radius 3 is 2.76 bits per heavy atom. The molecule has 0 aliphatic heterocycles. The highest BCUT2D eigenvalue weighted by Crippen LogP contribution is 2.28. The van der Waals surface area contributed by atoms with Crippen molar-refractivity contribution in [1.82, 2.24) is 10.1 Å². The number of para-hydroxylation sites is 1. The molecular formula is C17H23N3O. The standard InChI is InChI=1S/C17H23N3O/c1-13-19-17(21-20-13)15-9-5-6-10-16(15)18-12-11-14-7-3-2-4-8-14/h5-6,9-10,14,18H,2-4,7-8,11-12H2,1H3. The minimum absolute atomic E-state index is 0.591. The van der Waals surface area contributed by atoms with Gasteiger partial charge in [-0.2, -0.15) is 4.98 Å². The lowest BCUT2D eigenvalue weighted by Crippen LogP contribution is -2.12. The molecule has 1 saturated carbocycles. The maximum atomic E-state index is 5.29. The molecule has 0 saturated heterocycles. The highest BCUT2D eigenvalue weighted by molar-refractivity contribution is 5.72. The van der Waals surface area contributed by atoms with E-state index in [9.17, 15) is 0 Å². The molecule has 2 aromatic rings. The average Bonchev–Trinajstić information content (AvgIpc) is 2.95. The van der Waals surface area contributed by atoms with Gasteiger partial charge < -0.3 is 9.84 Å². The van der Waals surface area contributed by atoms with Gasteiger partial charge in [0.1, 0.15) is 0 Å². The number of nitrogens with one attached hydrogen (secondary N) is 1. The number of aromatic nitrogens is 2. The number of hydrogen-bond donors (Lipinski definition) is 1. The van der Waals surface area contributed by atoms with E-state index in [-0.39, 0.29) is 0 Å². The number of anilines is 1. The van der Waals surface area contributed by atoms with Crippen molar-refractivity contribution >= 4 is 5.69 Å². The second kappa shape index (κ2) is 6.74. The predicted octanol–water partition coefficient (Wildman–Crippen LogP) is 4.43. The van der Waals surface area contributed by atoms with Crippen molar-refractivity contribution in [1.29, 1.82) is 0 Å². The lowest BCUT2D eigenvalue weighted by Gasteiger charge is -2.21. The molecule has 1 fully saturated rings. The highest BCUT2D eigenvalue weighted by Gasteiger charge is 2.14. The lowest BCUT2D eigenvalue weighted by atomic mass is 9.87. The summed E-state index contributed by atoms with van der Waals surface area (Å²) in [6.07, 6.45) is 8.27. The Hall–Kier alpha value is -1.84. The van der Waals surface area contributed by atoms with Crippen LogP contribution in [-0.2, 0) is 0 Å². The molecule has 0 amide bonds. The van der Waals surface area contributed by atoms with Crippen LogP contribution >= 0.6 is 0 Å². The molecule has 1 aromatic heterocycles. The largest absolute Gasteiger partial charge is 0.384 e. The van der Waals surface area contributed by atoms with Gasteiger partial charge in [0.15, 0.2) is 5.82 Å². The first-order chi connectivity index (χ1) is 10.3. The van der Waals surface area contributed by atoms with Gasteiger partial charge in [0, 0.05) is 12.2 Å². The fourth-order valence-electron chi connectivity index (χ4n) is 3.12. The van der Waals surface area contributed by atoms with E-state index >= 15 is 0 Å². The minimum Gasteiger partial charge on any atom is -0.384 e. The summed E-state index contributed by atoms with van der Waals surface area (Å²) in [6.45, 7) is 2.85. The Labute approximate surface area is 126 Å². The molecule has 112 valence electrons. The quantitative estimate of drug-likeness (QED) is 0.883. The van der Waals surface area contributed by atoms with Crippen molar-refractivity contribution in [3.63, 3.8) is 0 Å². The van der Waals surface area contributed by atoms with Crippen LogP contribution < -0.4 is 5.32 Å². The van der Waals surface area contributed by atoms with Crippen LogP contribution in [0.15, 0.2) is 28.8 Å². The van der Waals surface area contributed by atoms with Crippen LogP contribution in [0.3, 0.4) is 0 Å². The molecular weight excluding hydrogens is 262 g/mol. The second-order valence-electron chi connectivity index (χ2n) is 5.91. The molecule has 3 rings (SSSR count). The van der Waals surface area contributed by atoms with Crippen molar-refractivity contribution in [2.75, 3.05) is 11.9 Å². The van der Waals surface area contributed by atoms with Crippen LogP contribution in [0.1, 0.15) is 44.3 Å². The first-order valence-corrected chi connectivity index (χ1v) is 7.96. The second-order valence-corrected chi connectivity index (χ2v) is 5.91. The van der Waals surface area contributed by atoms with Crippen molar-refractivity contribution in [2.24, 2.45) is 5.92 Å². The van der Waals surface area contributed by atoms with Gasteiger partial charge in [0.2, 0.25) is 0 Å². The minimum atomic E-state index is 0.591. The van der Waals surface area contributed by atoms with Gasteiger partial charge in [-0.1, -0.05) is 49.4 Å². The van der Waals surface area contributed by atoms with Crippen LogP contribution in [0.4, 0.5) is 5.69 Å². The van der Waals surface area contributed by atoms with Crippen molar-refractivity contribution in [3.05, 3.63) is 30.1 Å². The molecule has 1 aliphatic rings. The number of aryl methyl sites for hydroxylation is 1. The van der Waals surface area contributed by atoms with E-state index in [1.165, 1.54) is 38.5 Å². The molecule has 1 N–H and O–H groups in total. The van der Waals surface area contributed by atoms with E-state index in [0.717, 1.165) is 23.7 Å². The van der Waals surface area contributed by atoms with Crippen molar-refractivity contribution in [2.45, 2.75) is 45.4 Å². The van der Waals surface area contributed by atoms with E-state index in [0.29, 0.717) is 11.7 Å². The van der Waals surface area contributed by atoms with E-state index in [1.54, 1.807) is 0 Å². The van der Waals surface area contributed by atoms with Crippen LogP contribution in [0.5, 0.6) is 0 Å². The monoisotopic (exact) mass is 285 g/mol. The fourth-order valence-corrected chi connectivity index (χ4v) is 3.12. The molecule has 1 heterocycles. The first kappa shape index (κ1) is 14.1. The third-order valence-corrected chi connectivity index (χ3v) is 4.28. The zero-order chi connectivity index (χ0) is 14.5. The summed E-state index contributed by atoms with van der Waals surface area (Å²) >= 11 is 0. The first-order valence-electron chi connectivity index (χ1n) is 7.96. The van der Waals surface area contributed by atoms with Gasteiger partial charge in [0.25, 0.3) is 5.89 Å². The fraction of sp³-hybridized carbons (Fsp3) is 0.529. The zero-order valence-electron chi connectivity index (χ0n) is 12.6. The number of rotatable bonds is 5.